The molecule has 4 unspecified atom stereocenters. The highest BCUT2D eigenvalue weighted by Gasteiger charge is 2.68. The smallest absolute Gasteiger partial charge is 0.325 e. The van der Waals surface area contributed by atoms with Crippen LogP contribution in [-0.2, 0) is 27.4 Å². The number of carboxylic acids is 1. The van der Waals surface area contributed by atoms with Crippen LogP contribution >= 0.6 is 0 Å². The Labute approximate surface area is 284 Å². The first kappa shape index (κ1) is 31.8. The second kappa shape index (κ2) is 13.4. The summed E-state index contributed by atoms with van der Waals surface area (Å²) in [5.41, 5.74) is 1.35. The van der Waals surface area contributed by atoms with Gasteiger partial charge in [-0.3, -0.25) is 24.6 Å². The Hall–Kier alpha value is -5.73. The molecule has 0 bridgehead atoms. The monoisotopic (exact) mass is 652 g/mol. The molecule has 0 radical (unpaired) electrons. The number of benzene rings is 5. The highest BCUT2D eigenvalue weighted by molar-refractivity contribution is 6.09. The number of carbonyl (C=O) groups excluding carboxylic acids is 2. The van der Waals surface area contributed by atoms with E-state index in [1.807, 2.05) is 109 Å². The van der Waals surface area contributed by atoms with Gasteiger partial charge < -0.3 is 14.6 Å². The predicted molar refractivity (Wildman–Crippen MR) is 187 cm³/mol. The van der Waals surface area contributed by atoms with Crippen LogP contribution < -0.4 is 14.8 Å². The van der Waals surface area contributed by atoms with Crippen molar-refractivity contribution in [2.75, 3.05) is 13.7 Å². The van der Waals surface area contributed by atoms with E-state index in [-0.39, 0.29) is 19.6 Å². The van der Waals surface area contributed by atoms with Crippen molar-refractivity contribution in [3.8, 4) is 11.5 Å². The van der Waals surface area contributed by atoms with E-state index in [1.165, 1.54) is 12.0 Å². The van der Waals surface area contributed by atoms with Crippen LogP contribution in [0, 0.1) is 11.8 Å². The zero-order chi connectivity index (χ0) is 34.0. The lowest BCUT2D eigenvalue weighted by Crippen LogP contribution is -2.57. The van der Waals surface area contributed by atoms with E-state index in [9.17, 15) is 19.5 Å². The molecule has 2 saturated heterocycles. The number of ether oxygens (including phenoxy) is 2. The number of nitrogens with one attached hydrogen (secondary N) is 1. The summed E-state index contributed by atoms with van der Waals surface area (Å²) in [6.07, 6.45) is 3.60. The van der Waals surface area contributed by atoms with Crippen LogP contribution in [0.1, 0.15) is 28.3 Å². The summed E-state index contributed by atoms with van der Waals surface area (Å²) in [4.78, 5) is 43.5. The minimum absolute atomic E-state index is 0.0122. The van der Waals surface area contributed by atoms with Gasteiger partial charge in [0.2, 0.25) is 11.8 Å². The molecule has 2 fully saturated rings. The van der Waals surface area contributed by atoms with E-state index in [2.05, 4.69) is 5.32 Å². The summed E-state index contributed by atoms with van der Waals surface area (Å²) in [5.74, 6) is -3.49. The van der Waals surface area contributed by atoms with Crippen molar-refractivity contribution in [1.82, 2.24) is 10.2 Å². The van der Waals surface area contributed by atoms with Gasteiger partial charge in [-0.05, 0) is 33.5 Å². The predicted octanol–water partition coefficient (Wildman–Crippen LogP) is 6.45. The molecule has 0 saturated carbocycles. The van der Waals surface area contributed by atoms with E-state index >= 15 is 0 Å². The second-order valence-electron chi connectivity index (χ2n) is 12.5. The number of aliphatic carboxylic acids is 1. The van der Waals surface area contributed by atoms with Crippen LogP contribution in [-0.4, -0.2) is 47.0 Å². The van der Waals surface area contributed by atoms with Crippen LogP contribution in [0.2, 0.25) is 0 Å². The summed E-state index contributed by atoms with van der Waals surface area (Å²) in [6, 6.07) is 37.4. The zero-order valence-corrected chi connectivity index (χ0v) is 27.0. The van der Waals surface area contributed by atoms with Crippen LogP contribution in [0.15, 0.2) is 127 Å². The van der Waals surface area contributed by atoms with Gasteiger partial charge in [-0.15, -0.1) is 0 Å². The van der Waals surface area contributed by atoms with E-state index in [0.717, 1.165) is 27.5 Å². The largest absolute Gasteiger partial charge is 0.493 e. The molecule has 2 heterocycles. The molecule has 2 N–H and O–H groups in total. The average Bonchev–Trinajstić information content (AvgIpc) is 3.60. The summed E-state index contributed by atoms with van der Waals surface area (Å²) in [5, 5.41) is 16.4. The maximum Gasteiger partial charge on any atom is 0.325 e. The van der Waals surface area contributed by atoms with E-state index in [1.54, 1.807) is 24.3 Å². The van der Waals surface area contributed by atoms with Gasteiger partial charge in [0.15, 0.2) is 11.5 Å². The maximum atomic E-state index is 14.4. The number of carboxylic acid groups (broad SMARTS) is 1. The molecular formula is C41H36N2O6. The van der Waals surface area contributed by atoms with Gasteiger partial charge in [-0.2, -0.15) is 0 Å². The molecule has 2 amide bonds. The normalized spacial score (nSPS) is 21.7. The number of hydrogen-bond acceptors (Lipinski definition) is 6. The Balaban J connectivity index is 1.31. The lowest BCUT2D eigenvalue weighted by molar-refractivity contribution is -0.151. The van der Waals surface area contributed by atoms with Crippen LogP contribution in [0.3, 0.4) is 0 Å². The zero-order valence-electron chi connectivity index (χ0n) is 27.0. The molecule has 8 nitrogen and oxygen atoms in total. The number of fused-ring (bicyclic) bond motifs is 2. The third-order valence-electron chi connectivity index (χ3n) is 9.61. The molecule has 4 atom stereocenters. The molecule has 2 aliphatic heterocycles. The first-order valence-electron chi connectivity index (χ1n) is 16.3. The Morgan fingerprint density at radius 1 is 0.837 bits per heavy atom. The fourth-order valence-corrected chi connectivity index (χ4v) is 7.30. The lowest BCUT2D eigenvalue weighted by atomic mass is 9.76. The van der Waals surface area contributed by atoms with Gasteiger partial charge in [0, 0.05) is 24.6 Å². The molecule has 2 aliphatic rings. The number of carbonyl (C=O) groups is 3. The maximum absolute atomic E-state index is 14.4. The highest BCUT2D eigenvalue weighted by atomic mass is 16.5. The second-order valence-corrected chi connectivity index (χ2v) is 12.5. The number of rotatable bonds is 11. The van der Waals surface area contributed by atoms with Gasteiger partial charge >= 0.3 is 5.97 Å². The molecule has 0 aromatic heterocycles. The fourth-order valence-electron chi connectivity index (χ4n) is 7.30. The topological polar surface area (TPSA) is 105 Å². The van der Waals surface area contributed by atoms with Gasteiger partial charge in [-0.1, -0.05) is 127 Å². The standard InChI is InChI=1S/C41H36N2O6/c1-48-33-20-10-19-32(37(33)49-26-28-14-6-3-7-15-28)36-34-35(39(45)43(38(34)44)23-11-16-27-12-4-2-5-13-27)41(42-36,40(46)47)25-29-21-22-30-17-8-9-18-31(30)24-29/h2-22,24,34-36,42H,23,25-26H2,1H3,(H,46,47). The van der Waals surface area contributed by atoms with E-state index in [4.69, 9.17) is 9.47 Å². The van der Waals surface area contributed by atoms with Crippen LogP contribution in [0.5, 0.6) is 11.5 Å². The molecule has 49 heavy (non-hydrogen) atoms. The number of hydrogen-bond donors (Lipinski definition) is 2. The van der Waals surface area contributed by atoms with E-state index < -0.39 is 41.2 Å². The molecule has 5 aromatic carbocycles. The third kappa shape index (κ3) is 5.96. The quantitative estimate of drug-likeness (QED) is 0.158. The van der Waals surface area contributed by atoms with E-state index in [0.29, 0.717) is 17.1 Å². The number of para-hydroxylation sites is 1. The van der Waals surface area contributed by atoms with Crippen molar-refractivity contribution in [1.29, 1.82) is 0 Å². The van der Waals surface area contributed by atoms with Crippen molar-refractivity contribution in [2.45, 2.75) is 24.6 Å². The number of amides is 2. The minimum atomic E-state index is -1.79. The third-order valence-corrected chi connectivity index (χ3v) is 9.61. The van der Waals surface area contributed by atoms with Crippen molar-refractivity contribution in [2.24, 2.45) is 11.8 Å². The van der Waals surface area contributed by atoms with Gasteiger partial charge in [0.05, 0.1) is 18.9 Å². The number of methoxy groups -OCH3 is 1. The Bertz CT molecular complexity index is 2050. The Morgan fingerprint density at radius 3 is 2.29 bits per heavy atom. The minimum Gasteiger partial charge on any atom is -0.493 e. The van der Waals surface area contributed by atoms with Crippen molar-refractivity contribution in [3.05, 3.63) is 150 Å². The Kier molecular flexibility index (Phi) is 8.72. The molecule has 5 aromatic rings. The molecular weight excluding hydrogens is 616 g/mol. The first-order chi connectivity index (χ1) is 23.9. The number of nitrogens with zero attached hydrogens (tertiary/aromatic N) is 1. The summed E-state index contributed by atoms with van der Waals surface area (Å²) in [6.45, 7) is 0.243. The van der Waals surface area contributed by atoms with Gasteiger partial charge in [-0.25, -0.2) is 0 Å². The van der Waals surface area contributed by atoms with Crippen molar-refractivity contribution >= 4 is 34.6 Å². The fraction of sp³-hybridized carbons (Fsp3) is 0.195. The van der Waals surface area contributed by atoms with Crippen molar-refractivity contribution < 1.29 is 29.0 Å². The van der Waals surface area contributed by atoms with Crippen LogP contribution in [0.4, 0.5) is 0 Å². The summed E-state index contributed by atoms with van der Waals surface area (Å²) in [7, 11) is 1.53. The van der Waals surface area contributed by atoms with Crippen LogP contribution in [0.25, 0.3) is 16.8 Å². The van der Waals surface area contributed by atoms with Crippen molar-refractivity contribution in [3.63, 3.8) is 0 Å². The first-order valence-corrected chi connectivity index (χ1v) is 16.3. The summed E-state index contributed by atoms with van der Waals surface area (Å²) >= 11 is 0. The summed E-state index contributed by atoms with van der Waals surface area (Å²) < 4.78 is 12.1. The van der Waals surface area contributed by atoms with Gasteiger partial charge in [0.25, 0.3) is 0 Å². The van der Waals surface area contributed by atoms with Gasteiger partial charge in [0.1, 0.15) is 12.1 Å². The highest BCUT2D eigenvalue weighted by Crippen LogP contribution is 2.52. The molecule has 0 aliphatic carbocycles. The molecule has 0 spiro atoms. The molecule has 246 valence electrons. The number of likely N-dealkylation sites (tertiary alicyclic amines) is 1. The SMILES string of the molecule is COc1cccc(C2NC(Cc3ccc4ccccc4c3)(C(=O)O)C3C(=O)N(CC=Cc4ccccc4)C(=O)C23)c1OCc1ccccc1. The number of imide groups is 1. The molecule has 8 heteroatoms. The average molecular weight is 653 g/mol. The Morgan fingerprint density at radius 2 is 1.55 bits per heavy atom. The molecule has 7 rings (SSSR count). The lowest BCUT2D eigenvalue weighted by Gasteiger charge is -2.31.